The zero-order valence-electron chi connectivity index (χ0n) is 17.1. The first-order valence-electron chi connectivity index (χ1n) is 10.0. The third-order valence-corrected chi connectivity index (χ3v) is 6.18. The average Bonchev–Trinajstić information content (AvgIpc) is 3.50. The minimum atomic E-state index is -3.68. The van der Waals surface area contributed by atoms with Crippen molar-refractivity contribution in [2.75, 3.05) is 5.32 Å². The summed E-state index contributed by atoms with van der Waals surface area (Å²) in [6, 6.07) is 19.1. The van der Waals surface area contributed by atoms with Crippen molar-refractivity contribution in [2.45, 2.75) is 24.3 Å². The summed E-state index contributed by atoms with van der Waals surface area (Å²) in [5.74, 6) is 0.357. The first kappa shape index (κ1) is 21.5. The predicted octanol–water partition coefficient (Wildman–Crippen LogP) is 3.52. The fraction of sp³-hybridized carbons (Fsp3) is 0.130. The topological polar surface area (TPSA) is 106 Å². The number of aryl methyl sites for hydroxylation is 1. The molecule has 164 valence electrons. The Morgan fingerprint density at radius 1 is 1.00 bits per heavy atom. The monoisotopic (exact) mass is 450 g/mol. The lowest BCUT2D eigenvalue weighted by molar-refractivity contribution is -0.116. The van der Waals surface area contributed by atoms with E-state index in [1.54, 1.807) is 35.1 Å². The Balaban J connectivity index is 1.29. The van der Waals surface area contributed by atoms with Crippen LogP contribution in [0.5, 0.6) is 0 Å². The van der Waals surface area contributed by atoms with Gasteiger partial charge < -0.3 is 9.73 Å². The molecule has 0 fully saturated rings. The van der Waals surface area contributed by atoms with Gasteiger partial charge in [0.05, 0.1) is 29.6 Å². The number of aromatic nitrogens is 2. The summed E-state index contributed by atoms with van der Waals surface area (Å²) >= 11 is 0. The molecular formula is C23H22N4O4S. The van der Waals surface area contributed by atoms with Crippen molar-refractivity contribution in [3.05, 3.63) is 96.7 Å². The zero-order chi connectivity index (χ0) is 22.4. The summed E-state index contributed by atoms with van der Waals surface area (Å²) in [6.07, 6.45) is 5.96. The lowest BCUT2D eigenvalue weighted by Gasteiger charge is -2.08. The van der Waals surface area contributed by atoms with Crippen molar-refractivity contribution in [3.8, 4) is 5.69 Å². The molecular weight excluding hydrogens is 428 g/mol. The largest absolute Gasteiger partial charge is 0.468 e. The molecule has 0 saturated carbocycles. The molecule has 0 radical (unpaired) electrons. The minimum absolute atomic E-state index is 0.0642. The normalized spacial score (nSPS) is 11.4. The van der Waals surface area contributed by atoms with Gasteiger partial charge in [-0.05, 0) is 60.5 Å². The smallest absolute Gasteiger partial charge is 0.240 e. The molecule has 32 heavy (non-hydrogen) atoms. The summed E-state index contributed by atoms with van der Waals surface area (Å²) in [5, 5.41) is 7.12. The molecule has 2 heterocycles. The number of hydrogen-bond acceptors (Lipinski definition) is 5. The fourth-order valence-electron chi connectivity index (χ4n) is 3.07. The Bertz CT molecular complexity index is 1270. The summed E-state index contributed by atoms with van der Waals surface area (Å²) in [4.78, 5) is 12.4. The zero-order valence-corrected chi connectivity index (χ0v) is 18.0. The maximum absolute atomic E-state index is 12.4. The van der Waals surface area contributed by atoms with E-state index < -0.39 is 10.0 Å². The van der Waals surface area contributed by atoms with Crippen LogP contribution < -0.4 is 10.0 Å². The summed E-state index contributed by atoms with van der Waals surface area (Å²) < 4.78 is 34.1. The van der Waals surface area contributed by atoms with Crippen LogP contribution in [0.25, 0.3) is 5.69 Å². The number of nitrogens with one attached hydrogen (secondary N) is 2. The third-order valence-electron chi connectivity index (χ3n) is 4.76. The number of anilines is 1. The van der Waals surface area contributed by atoms with E-state index in [9.17, 15) is 13.2 Å². The van der Waals surface area contributed by atoms with Crippen molar-refractivity contribution in [3.63, 3.8) is 0 Å². The molecule has 2 aromatic carbocycles. The molecule has 0 aliphatic rings. The first-order chi connectivity index (χ1) is 15.5. The van der Waals surface area contributed by atoms with E-state index in [2.05, 4.69) is 15.1 Å². The van der Waals surface area contributed by atoms with Crippen LogP contribution in [-0.4, -0.2) is 24.1 Å². The highest BCUT2D eigenvalue weighted by Crippen LogP contribution is 2.16. The Labute approximate surface area is 185 Å². The molecule has 4 rings (SSSR count). The molecule has 0 spiro atoms. The lowest BCUT2D eigenvalue weighted by atomic mass is 10.2. The van der Waals surface area contributed by atoms with Crippen molar-refractivity contribution >= 4 is 21.6 Å². The fourth-order valence-corrected chi connectivity index (χ4v) is 4.07. The van der Waals surface area contributed by atoms with E-state index in [1.807, 2.05) is 36.5 Å². The van der Waals surface area contributed by atoms with E-state index in [-0.39, 0.29) is 23.8 Å². The third kappa shape index (κ3) is 5.51. The molecule has 4 aromatic rings. The molecule has 0 bridgehead atoms. The van der Waals surface area contributed by atoms with Gasteiger partial charge in [-0.2, -0.15) is 5.10 Å². The number of amides is 1. The van der Waals surface area contributed by atoms with E-state index >= 15 is 0 Å². The van der Waals surface area contributed by atoms with Crippen LogP contribution >= 0.6 is 0 Å². The highest BCUT2D eigenvalue weighted by Gasteiger charge is 2.14. The van der Waals surface area contributed by atoms with Gasteiger partial charge >= 0.3 is 0 Å². The van der Waals surface area contributed by atoms with E-state index in [0.29, 0.717) is 17.9 Å². The van der Waals surface area contributed by atoms with Crippen LogP contribution in [0.4, 0.5) is 5.69 Å². The second-order valence-corrected chi connectivity index (χ2v) is 8.87. The van der Waals surface area contributed by atoms with Crippen molar-refractivity contribution in [1.29, 1.82) is 0 Å². The second-order valence-electron chi connectivity index (χ2n) is 7.11. The first-order valence-corrected chi connectivity index (χ1v) is 11.5. The van der Waals surface area contributed by atoms with Gasteiger partial charge in [0.25, 0.3) is 0 Å². The summed E-state index contributed by atoms with van der Waals surface area (Å²) in [7, 11) is -3.68. The molecule has 0 unspecified atom stereocenters. The summed E-state index contributed by atoms with van der Waals surface area (Å²) in [6.45, 7) is 0.0642. The maximum atomic E-state index is 12.4. The molecule has 8 nitrogen and oxygen atoms in total. The molecule has 1 amide bonds. The second kappa shape index (κ2) is 9.63. The van der Waals surface area contributed by atoms with Crippen LogP contribution in [-0.2, 0) is 27.8 Å². The van der Waals surface area contributed by atoms with E-state index in [0.717, 1.165) is 11.3 Å². The predicted molar refractivity (Wildman–Crippen MR) is 120 cm³/mol. The van der Waals surface area contributed by atoms with Gasteiger partial charge in [-0.1, -0.05) is 18.2 Å². The van der Waals surface area contributed by atoms with Crippen LogP contribution in [0, 0.1) is 0 Å². The van der Waals surface area contributed by atoms with Crippen LogP contribution in [0.1, 0.15) is 17.7 Å². The van der Waals surface area contributed by atoms with E-state index in [4.69, 9.17) is 4.42 Å². The molecule has 0 atom stereocenters. The van der Waals surface area contributed by atoms with Gasteiger partial charge in [-0.3, -0.25) is 4.79 Å². The molecule has 9 heteroatoms. The van der Waals surface area contributed by atoms with Crippen LogP contribution in [0.2, 0.25) is 0 Å². The van der Waals surface area contributed by atoms with Gasteiger partial charge in [0.2, 0.25) is 15.9 Å². The van der Waals surface area contributed by atoms with Gasteiger partial charge in [0, 0.05) is 18.3 Å². The summed E-state index contributed by atoms with van der Waals surface area (Å²) in [5.41, 5.74) is 2.44. The molecule has 0 saturated heterocycles. The quantitative estimate of drug-likeness (QED) is 0.406. The Kier molecular flexibility index (Phi) is 6.48. The lowest BCUT2D eigenvalue weighted by Crippen LogP contribution is -2.23. The van der Waals surface area contributed by atoms with Crippen molar-refractivity contribution in [2.24, 2.45) is 0 Å². The highest BCUT2D eigenvalue weighted by molar-refractivity contribution is 7.89. The number of hydrogen-bond donors (Lipinski definition) is 2. The van der Waals surface area contributed by atoms with Crippen molar-refractivity contribution < 1.29 is 17.6 Å². The maximum Gasteiger partial charge on any atom is 0.240 e. The highest BCUT2D eigenvalue weighted by atomic mass is 32.2. The number of carbonyl (C=O) groups is 1. The molecule has 2 aromatic heterocycles. The number of furan rings is 1. The molecule has 2 N–H and O–H groups in total. The van der Waals surface area contributed by atoms with Gasteiger partial charge in [0.1, 0.15) is 5.76 Å². The number of nitrogens with zero attached hydrogens (tertiary/aromatic N) is 2. The Morgan fingerprint density at radius 3 is 2.50 bits per heavy atom. The van der Waals surface area contributed by atoms with Gasteiger partial charge in [-0.25, -0.2) is 17.8 Å². The number of sulfonamides is 1. The number of carbonyl (C=O) groups excluding carboxylic acids is 1. The van der Waals surface area contributed by atoms with Crippen LogP contribution in [0.15, 0.2) is 94.7 Å². The number of benzene rings is 2. The minimum Gasteiger partial charge on any atom is -0.468 e. The van der Waals surface area contributed by atoms with Gasteiger partial charge in [-0.15, -0.1) is 0 Å². The number of rotatable bonds is 9. The standard InChI is InChI=1S/C23H22N4O4S/c28-23(13-8-18-15-24-27(17-18)20-5-2-1-3-6-20)26-19-9-11-22(12-10-19)32(29,30)25-16-21-7-4-14-31-21/h1-7,9-12,14-15,17,25H,8,13,16H2,(H,26,28). The SMILES string of the molecule is O=C(CCc1cnn(-c2ccccc2)c1)Nc1ccc(S(=O)(=O)NCc2ccco2)cc1. The molecule has 0 aliphatic carbocycles. The van der Waals surface area contributed by atoms with Crippen LogP contribution in [0.3, 0.4) is 0 Å². The van der Waals surface area contributed by atoms with Gasteiger partial charge in [0.15, 0.2) is 0 Å². The Morgan fingerprint density at radius 2 is 1.78 bits per heavy atom. The average molecular weight is 451 g/mol. The number of para-hydroxylation sites is 1. The Hall–Kier alpha value is -3.69. The molecule has 0 aliphatic heterocycles. The van der Waals surface area contributed by atoms with Crippen molar-refractivity contribution in [1.82, 2.24) is 14.5 Å². The van der Waals surface area contributed by atoms with E-state index in [1.165, 1.54) is 18.4 Å².